The summed E-state index contributed by atoms with van der Waals surface area (Å²) in [4.78, 5) is 25.5. The molecule has 5 rings (SSSR count). The highest BCUT2D eigenvalue weighted by atomic mass is 32.2. The number of carbonyl (C=O) groups is 2. The van der Waals surface area contributed by atoms with Gasteiger partial charge in [0.05, 0.1) is 10.8 Å². The first kappa shape index (κ1) is 18.7. The van der Waals surface area contributed by atoms with Crippen molar-refractivity contribution in [3.63, 3.8) is 0 Å². The van der Waals surface area contributed by atoms with E-state index in [-0.39, 0.29) is 23.5 Å². The van der Waals surface area contributed by atoms with Crippen LogP contribution in [0.3, 0.4) is 0 Å². The van der Waals surface area contributed by atoms with E-state index in [2.05, 4.69) is 5.32 Å². The lowest BCUT2D eigenvalue weighted by molar-refractivity contribution is -0.151. The summed E-state index contributed by atoms with van der Waals surface area (Å²) >= 11 is 0. The largest absolute Gasteiger partial charge is 0.480 e. The maximum Gasteiger partial charge on any atom is 0.326 e. The van der Waals surface area contributed by atoms with Crippen molar-refractivity contribution in [3.8, 4) is 0 Å². The molecule has 0 unspecified atom stereocenters. The number of aliphatic carboxylic acids is 1. The molecule has 4 fully saturated rings. The number of carboxylic acid groups (broad SMARTS) is 1. The molecular weight excluding hydrogens is 362 g/mol. The van der Waals surface area contributed by atoms with Gasteiger partial charge in [-0.05, 0) is 74.8 Å². The monoisotopic (exact) mass is 389 g/mol. The van der Waals surface area contributed by atoms with Crippen molar-refractivity contribution in [3.05, 3.63) is 30.3 Å². The van der Waals surface area contributed by atoms with Crippen LogP contribution >= 0.6 is 0 Å². The quantitative estimate of drug-likeness (QED) is 0.751. The van der Waals surface area contributed by atoms with E-state index in [0.717, 1.165) is 19.3 Å². The van der Waals surface area contributed by atoms with Crippen LogP contribution in [0.1, 0.15) is 44.9 Å². The Kier molecular flexibility index (Phi) is 5.10. The SMILES string of the molecule is O=C(O)[C@H](CC[S@](=O)c1ccccc1)NC(=O)C12CC3CC(CC(C3)C1)C2. The van der Waals surface area contributed by atoms with Crippen molar-refractivity contribution in [1.29, 1.82) is 0 Å². The van der Waals surface area contributed by atoms with Gasteiger partial charge in [-0.1, -0.05) is 18.2 Å². The molecule has 5 nitrogen and oxygen atoms in total. The third-order valence-electron chi connectivity index (χ3n) is 6.72. The van der Waals surface area contributed by atoms with Crippen molar-refractivity contribution in [1.82, 2.24) is 5.32 Å². The van der Waals surface area contributed by atoms with E-state index < -0.39 is 22.8 Å². The van der Waals surface area contributed by atoms with Gasteiger partial charge in [0.2, 0.25) is 5.91 Å². The molecule has 2 atom stereocenters. The highest BCUT2D eigenvalue weighted by Crippen LogP contribution is 2.60. The van der Waals surface area contributed by atoms with Crippen LogP contribution in [-0.2, 0) is 20.4 Å². The molecule has 0 radical (unpaired) electrons. The molecule has 1 aromatic rings. The second kappa shape index (κ2) is 7.38. The van der Waals surface area contributed by atoms with Crippen molar-refractivity contribution in [2.45, 2.75) is 55.9 Å². The molecular formula is C21H27NO4S. The van der Waals surface area contributed by atoms with Crippen LogP contribution in [0.2, 0.25) is 0 Å². The Morgan fingerprint density at radius 1 is 1.07 bits per heavy atom. The van der Waals surface area contributed by atoms with E-state index in [4.69, 9.17) is 0 Å². The maximum absolute atomic E-state index is 13.1. The molecule has 0 aliphatic heterocycles. The number of rotatable bonds is 7. The van der Waals surface area contributed by atoms with Gasteiger partial charge in [0.15, 0.2) is 0 Å². The molecule has 0 heterocycles. The van der Waals surface area contributed by atoms with Gasteiger partial charge < -0.3 is 10.4 Å². The lowest BCUT2D eigenvalue weighted by Gasteiger charge is -2.55. The van der Waals surface area contributed by atoms with Crippen LogP contribution in [-0.4, -0.2) is 33.0 Å². The van der Waals surface area contributed by atoms with E-state index in [1.54, 1.807) is 12.1 Å². The minimum atomic E-state index is -1.26. The average Bonchev–Trinajstić information content (AvgIpc) is 2.64. The average molecular weight is 390 g/mol. The van der Waals surface area contributed by atoms with E-state index in [1.165, 1.54) is 19.3 Å². The fraction of sp³-hybridized carbons (Fsp3) is 0.619. The van der Waals surface area contributed by atoms with Crippen LogP contribution in [0, 0.1) is 23.2 Å². The van der Waals surface area contributed by atoms with Crippen LogP contribution in [0.4, 0.5) is 0 Å². The van der Waals surface area contributed by atoms with Crippen LogP contribution in [0.25, 0.3) is 0 Å². The summed E-state index contributed by atoms with van der Waals surface area (Å²) < 4.78 is 12.4. The number of amides is 1. The number of carbonyl (C=O) groups excluding carboxylic acids is 1. The van der Waals surface area contributed by atoms with E-state index in [0.29, 0.717) is 22.6 Å². The first-order valence-corrected chi connectivity index (χ1v) is 11.2. The summed E-state index contributed by atoms with van der Waals surface area (Å²) in [6.07, 6.45) is 6.63. The number of nitrogens with one attached hydrogen (secondary N) is 1. The molecule has 0 aromatic heterocycles. The van der Waals surface area contributed by atoms with Gasteiger partial charge in [-0.25, -0.2) is 4.79 Å². The molecule has 2 N–H and O–H groups in total. The predicted octanol–water partition coefficient (Wildman–Crippen LogP) is 2.97. The lowest BCUT2D eigenvalue weighted by Crippen LogP contribution is -2.56. The summed E-state index contributed by atoms with van der Waals surface area (Å²) in [7, 11) is -1.26. The van der Waals surface area contributed by atoms with E-state index in [1.807, 2.05) is 18.2 Å². The number of hydrogen-bond acceptors (Lipinski definition) is 3. The molecule has 0 saturated heterocycles. The summed E-state index contributed by atoms with van der Waals surface area (Å²) in [5.74, 6) is 1.00. The van der Waals surface area contributed by atoms with Gasteiger partial charge in [0.25, 0.3) is 0 Å². The maximum atomic E-state index is 13.1. The third kappa shape index (κ3) is 3.82. The number of hydrogen-bond donors (Lipinski definition) is 2. The van der Waals surface area contributed by atoms with Gasteiger partial charge in [-0.2, -0.15) is 0 Å². The fourth-order valence-electron chi connectivity index (χ4n) is 5.87. The van der Waals surface area contributed by atoms with E-state index >= 15 is 0 Å². The van der Waals surface area contributed by atoms with Gasteiger partial charge in [-0.3, -0.25) is 9.00 Å². The molecule has 4 aliphatic carbocycles. The van der Waals surface area contributed by atoms with Crippen molar-refractivity contribution >= 4 is 22.7 Å². The van der Waals surface area contributed by atoms with Gasteiger partial charge in [-0.15, -0.1) is 0 Å². The lowest BCUT2D eigenvalue weighted by atomic mass is 9.49. The fourth-order valence-corrected chi connectivity index (χ4v) is 7.02. The zero-order valence-electron chi connectivity index (χ0n) is 15.4. The summed E-state index contributed by atoms with van der Waals surface area (Å²) in [6, 6.07) is 8.07. The van der Waals surface area contributed by atoms with Crippen LogP contribution in [0.5, 0.6) is 0 Å². The smallest absolute Gasteiger partial charge is 0.326 e. The molecule has 1 aromatic carbocycles. The normalized spacial score (nSPS) is 33.4. The minimum absolute atomic E-state index is 0.0838. The summed E-state index contributed by atoms with van der Waals surface area (Å²) in [6.45, 7) is 0. The Hall–Kier alpha value is -1.69. The van der Waals surface area contributed by atoms with Gasteiger partial charge >= 0.3 is 5.97 Å². The van der Waals surface area contributed by atoms with Crippen molar-refractivity contribution in [2.75, 3.05) is 5.75 Å². The standard InChI is InChI=1S/C21H27NO4S/c23-19(24)18(6-7-27(26)17-4-2-1-3-5-17)22-20(25)21-11-14-8-15(12-21)10-16(9-14)13-21/h1-5,14-16,18H,6-13H2,(H,22,25)(H,23,24)/t14?,15?,16?,18-,21?,27-/m0/s1. The molecule has 4 aliphatic rings. The zero-order chi connectivity index (χ0) is 19.0. The minimum Gasteiger partial charge on any atom is -0.480 e. The predicted molar refractivity (Wildman–Crippen MR) is 103 cm³/mol. The Balaban J connectivity index is 1.39. The molecule has 1 amide bonds. The highest BCUT2D eigenvalue weighted by molar-refractivity contribution is 7.85. The Morgan fingerprint density at radius 3 is 2.15 bits per heavy atom. The molecule has 6 heteroatoms. The molecule has 146 valence electrons. The molecule has 0 spiro atoms. The molecule has 4 bridgehead atoms. The van der Waals surface area contributed by atoms with Crippen LogP contribution < -0.4 is 5.32 Å². The van der Waals surface area contributed by atoms with Crippen molar-refractivity contribution < 1.29 is 18.9 Å². The molecule has 4 saturated carbocycles. The molecule has 27 heavy (non-hydrogen) atoms. The third-order valence-corrected chi connectivity index (χ3v) is 8.13. The first-order valence-electron chi connectivity index (χ1n) is 9.92. The Labute approximate surface area is 162 Å². The number of benzene rings is 1. The highest BCUT2D eigenvalue weighted by Gasteiger charge is 2.54. The number of carboxylic acids is 1. The Morgan fingerprint density at radius 2 is 1.63 bits per heavy atom. The Bertz CT molecular complexity index is 713. The summed E-state index contributed by atoms with van der Waals surface area (Å²) in [5.41, 5.74) is -0.360. The second-order valence-corrected chi connectivity index (χ2v) is 10.3. The van der Waals surface area contributed by atoms with Gasteiger partial charge in [0.1, 0.15) is 6.04 Å². The van der Waals surface area contributed by atoms with Crippen molar-refractivity contribution in [2.24, 2.45) is 23.2 Å². The summed E-state index contributed by atoms with van der Waals surface area (Å²) in [5, 5.41) is 12.4. The van der Waals surface area contributed by atoms with Gasteiger partial charge in [0, 0.05) is 16.1 Å². The second-order valence-electron chi connectivity index (χ2n) is 8.71. The van der Waals surface area contributed by atoms with Crippen LogP contribution in [0.15, 0.2) is 35.2 Å². The first-order chi connectivity index (χ1) is 12.9. The van der Waals surface area contributed by atoms with E-state index in [9.17, 15) is 18.9 Å². The topological polar surface area (TPSA) is 83.5 Å². The zero-order valence-corrected chi connectivity index (χ0v) is 16.2.